The molecular weight excluding hydrogens is 356 g/mol. The van der Waals surface area contributed by atoms with E-state index in [2.05, 4.69) is 59.6 Å². The number of benzene rings is 1. The van der Waals surface area contributed by atoms with Crippen LogP contribution in [0.4, 0.5) is 5.82 Å². The van der Waals surface area contributed by atoms with Gasteiger partial charge in [-0.3, -0.25) is 0 Å². The zero-order valence-corrected chi connectivity index (χ0v) is 17.0. The Morgan fingerprint density at radius 1 is 1.15 bits per heavy atom. The summed E-state index contributed by atoms with van der Waals surface area (Å²) in [6.45, 7) is 2.68. The maximum atomic E-state index is 5.55. The number of hydrogen-bond acceptors (Lipinski definition) is 6. The molecule has 0 atom stereocenters. The zero-order chi connectivity index (χ0) is 18.8. The minimum atomic E-state index is 0.357. The van der Waals surface area contributed by atoms with Crippen molar-refractivity contribution in [1.82, 2.24) is 14.9 Å². The van der Waals surface area contributed by atoms with Crippen molar-refractivity contribution >= 4 is 27.4 Å². The summed E-state index contributed by atoms with van der Waals surface area (Å²) < 4.78 is 5.55. The molecule has 4 rings (SSSR count). The minimum Gasteiger partial charge on any atom is -0.381 e. The molecule has 2 aromatic heterocycles. The van der Waals surface area contributed by atoms with Gasteiger partial charge in [-0.25, -0.2) is 9.97 Å². The van der Waals surface area contributed by atoms with E-state index in [0.717, 1.165) is 48.9 Å². The van der Waals surface area contributed by atoms with Crippen LogP contribution < -0.4 is 4.90 Å². The predicted molar refractivity (Wildman–Crippen MR) is 112 cm³/mol. The van der Waals surface area contributed by atoms with Crippen LogP contribution in [-0.2, 0) is 11.3 Å². The van der Waals surface area contributed by atoms with Crippen LogP contribution in [0.15, 0.2) is 35.7 Å². The van der Waals surface area contributed by atoms with E-state index in [1.807, 2.05) is 7.11 Å². The van der Waals surface area contributed by atoms with Gasteiger partial charge in [-0.15, -0.1) is 11.3 Å². The first-order valence-corrected chi connectivity index (χ1v) is 10.3. The van der Waals surface area contributed by atoms with E-state index in [1.54, 1.807) is 11.3 Å². The molecule has 0 N–H and O–H groups in total. The average molecular weight is 383 g/mol. The number of fused-ring (bicyclic) bond motifs is 1. The van der Waals surface area contributed by atoms with Crippen molar-refractivity contribution in [3.8, 4) is 11.1 Å². The predicted octanol–water partition coefficient (Wildman–Crippen LogP) is 4.04. The Balaban J connectivity index is 1.81. The standard InChI is InChI=1S/C21H26N4OS/c1-24(2)13-18-22-20(25-11-9-16(26-3)10-12-25)19-17(14-27-21(19)23-18)15-7-5-4-6-8-15/h4-8,14,16H,9-13H2,1-3H3. The molecule has 1 fully saturated rings. The second-order valence-corrected chi connectivity index (χ2v) is 8.18. The lowest BCUT2D eigenvalue weighted by molar-refractivity contribution is 0.0818. The molecule has 6 heteroatoms. The molecule has 0 saturated carbocycles. The van der Waals surface area contributed by atoms with Gasteiger partial charge in [0.05, 0.1) is 18.0 Å². The van der Waals surface area contributed by atoms with Crippen molar-refractivity contribution in [2.24, 2.45) is 0 Å². The summed E-state index contributed by atoms with van der Waals surface area (Å²) in [6, 6.07) is 10.6. The third-order valence-corrected chi connectivity index (χ3v) is 5.95. The molecule has 3 aromatic rings. The van der Waals surface area contributed by atoms with Gasteiger partial charge in [0, 0.05) is 31.1 Å². The summed E-state index contributed by atoms with van der Waals surface area (Å²) in [5, 5.41) is 3.41. The minimum absolute atomic E-state index is 0.357. The highest BCUT2D eigenvalue weighted by Gasteiger charge is 2.24. The summed E-state index contributed by atoms with van der Waals surface area (Å²) in [6.07, 6.45) is 2.43. The van der Waals surface area contributed by atoms with Crippen molar-refractivity contribution in [3.05, 3.63) is 41.5 Å². The Hall–Kier alpha value is -2.02. The first-order chi connectivity index (χ1) is 13.2. The van der Waals surface area contributed by atoms with Crippen molar-refractivity contribution in [2.45, 2.75) is 25.5 Å². The highest BCUT2D eigenvalue weighted by Crippen LogP contribution is 2.39. The second-order valence-electron chi connectivity index (χ2n) is 7.32. The van der Waals surface area contributed by atoms with Crippen LogP contribution in [0.25, 0.3) is 21.3 Å². The molecule has 27 heavy (non-hydrogen) atoms. The SMILES string of the molecule is COC1CCN(c2nc(CN(C)C)nc3scc(-c4ccccc4)c23)CC1. The van der Waals surface area contributed by atoms with Gasteiger partial charge in [-0.05, 0) is 32.5 Å². The molecule has 142 valence electrons. The van der Waals surface area contributed by atoms with E-state index in [4.69, 9.17) is 14.7 Å². The lowest BCUT2D eigenvalue weighted by Gasteiger charge is -2.32. The lowest BCUT2D eigenvalue weighted by Crippen LogP contribution is -2.37. The third-order valence-electron chi connectivity index (χ3n) is 5.08. The van der Waals surface area contributed by atoms with Crippen LogP contribution in [-0.4, -0.2) is 55.3 Å². The normalized spacial score (nSPS) is 15.8. The maximum Gasteiger partial charge on any atom is 0.146 e. The number of rotatable bonds is 5. The molecule has 1 aromatic carbocycles. The summed E-state index contributed by atoms with van der Waals surface area (Å²) in [5.41, 5.74) is 2.46. The fraction of sp³-hybridized carbons (Fsp3) is 0.429. The quantitative estimate of drug-likeness (QED) is 0.666. The summed E-state index contributed by atoms with van der Waals surface area (Å²) in [7, 11) is 5.92. The average Bonchev–Trinajstić information content (AvgIpc) is 3.11. The number of thiophene rings is 1. The van der Waals surface area contributed by atoms with E-state index < -0.39 is 0 Å². The smallest absolute Gasteiger partial charge is 0.146 e. The van der Waals surface area contributed by atoms with Gasteiger partial charge in [0.25, 0.3) is 0 Å². The Labute approximate surface area is 164 Å². The van der Waals surface area contributed by atoms with Gasteiger partial charge >= 0.3 is 0 Å². The van der Waals surface area contributed by atoms with E-state index in [-0.39, 0.29) is 0 Å². The molecule has 5 nitrogen and oxygen atoms in total. The van der Waals surface area contributed by atoms with Crippen molar-refractivity contribution in [1.29, 1.82) is 0 Å². The molecule has 0 unspecified atom stereocenters. The molecule has 3 heterocycles. The van der Waals surface area contributed by atoms with Crippen LogP contribution in [0.2, 0.25) is 0 Å². The van der Waals surface area contributed by atoms with Crippen LogP contribution in [0, 0.1) is 0 Å². The zero-order valence-electron chi connectivity index (χ0n) is 16.2. The van der Waals surface area contributed by atoms with Crippen molar-refractivity contribution in [3.63, 3.8) is 0 Å². The summed E-state index contributed by atoms with van der Waals surface area (Å²) in [5.74, 6) is 1.96. The number of anilines is 1. The molecule has 0 aliphatic carbocycles. The molecule has 1 aliphatic rings. The lowest BCUT2D eigenvalue weighted by atomic mass is 10.0. The third kappa shape index (κ3) is 3.83. The fourth-order valence-corrected chi connectivity index (χ4v) is 4.64. The second kappa shape index (κ2) is 7.92. The number of hydrogen-bond donors (Lipinski definition) is 0. The molecule has 0 amide bonds. The van der Waals surface area contributed by atoms with E-state index in [9.17, 15) is 0 Å². The number of methoxy groups -OCH3 is 1. The van der Waals surface area contributed by atoms with Gasteiger partial charge < -0.3 is 14.5 Å². The van der Waals surface area contributed by atoms with Crippen LogP contribution in [0.1, 0.15) is 18.7 Å². The van der Waals surface area contributed by atoms with Gasteiger partial charge in [-0.2, -0.15) is 0 Å². The molecular formula is C21H26N4OS. The van der Waals surface area contributed by atoms with Gasteiger partial charge in [0.1, 0.15) is 16.5 Å². The number of nitrogens with zero attached hydrogens (tertiary/aromatic N) is 4. The first-order valence-electron chi connectivity index (χ1n) is 9.41. The Bertz CT molecular complexity index is 901. The fourth-order valence-electron chi connectivity index (χ4n) is 3.68. The molecule has 1 aliphatic heterocycles. The number of piperidine rings is 1. The number of ether oxygens (including phenoxy) is 1. The van der Waals surface area contributed by atoms with E-state index >= 15 is 0 Å². The molecule has 0 radical (unpaired) electrons. The Morgan fingerprint density at radius 3 is 2.56 bits per heavy atom. The maximum absolute atomic E-state index is 5.55. The highest BCUT2D eigenvalue weighted by molar-refractivity contribution is 7.17. The number of aromatic nitrogens is 2. The molecule has 1 saturated heterocycles. The van der Waals surface area contributed by atoms with Gasteiger partial charge in [0.15, 0.2) is 0 Å². The van der Waals surface area contributed by atoms with Crippen molar-refractivity contribution in [2.75, 3.05) is 39.2 Å². The molecule has 0 bridgehead atoms. The van der Waals surface area contributed by atoms with Crippen LogP contribution in [0.5, 0.6) is 0 Å². The first kappa shape index (κ1) is 18.3. The van der Waals surface area contributed by atoms with Crippen LogP contribution >= 0.6 is 11.3 Å². The summed E-state index contributed by atoms with van der Waals surface area (Å²) in [4.78, 5) is 15.5. The Morgan fingerprint density at radius 2 is 1.89 bits per heavy atom. The topological polar surface area (TPSA) is 41.5 Å². The monoisotopic (exact) mass is 382 g/mol. The highest BCUT2D eigenvalue weighted by atomic mass is 32.1. The van der Waals surface area contributed by atoms with Gasteiger partial charge in [0.2, 0.25) is 0 Å². The van der Waals surface area contributed by atoms with Crippen molar-refractivity contribution < 1.29 is 4.74 Å². The van der Waals surface area contributed by atoms with E-state index in [0.29, 0.717) is 6.10 Å². The van der Waals surface area contributed by atoms with E-state index in [1.165, 1.54) is 16.5 Å². The summed E-state index contributed by atoms with van der Waals surface area (Å²) >= 11 is 1.71. The van der Waals surface area contributed by atoms with Gasteiger partial charge in [-0.1, -0.05) is 30.3 Å². The largest absolute Gasteiger partial charge is 0.381 e. The van der Waals surface area contributed by atoms with Crippen LogP contribution in [0.3, 0.4) is 0 Å². The Kier molecular flexibility index (Phi) is 5.38. The molecule has 0 spiro atoms.